The lowest BCUT2D eigenvalue weighted by Gasteiger charge is -2.49. The number of β-lactam (4-membered cyclic amide) rings is 1. The zero-order chi connectivity index (χ0) is 25.4. The van der Waals surface area contributed by atoms with Gasteiger partial charge in [0.05, 0.1) is 0 Å². The lowest BCUT2D eigenvalue weighted by atomic mass is 10.0. The number of hydrogen-bond acceptors (Lipinski definition) is 12. The first-order chi connectivity index (χ1) is 17.4. The van der Waals surface area contributed by atoms with E-state index in [1.165, 1.54) is 35.5 Å². The number of thiazole rings is 1. The fourth-order valence-corrected chi connectivity index (χ4v) is 6.72. The van der Waals surface area contributed by atoms with Crippen molar-refractivity contribution in [3.8, 4) is 0 Å². The molecule has 0 bridgehead atoms. The number of nitrogens with two attached hydrogens (primary N) is 1. The second-order valence-electron chi connectivity index (χ2n) is 7.51. The zero-order valence-corrected chi connectivity index (χ0v) is 21.0. The lowest BCUT2D eigenvalue weighted by molar-refractivity contribution is -0.150. The number of carboxylic acids is 1. The van der Waals surface area contributed by atoms with Crippen molar-refractivity contribution in [2.45, 2.75) is 16.6 Å². The van der Waals surface area contributed by atoms with Crippen molar-refractivity contribution in [3.63, 3.8) is 0 Å². The summed E-state index contributed by atoms with van der Waals surface area (Å²) in [6, 6.07) is 4.59. The van der Waals surface area contributed by atoms with Gasteiger partial charge in [-0.05, 0) is 17.7 Å². The van der Waals surface area contributed by atoms with E-state index >= 15 is 0 Å². The highest BCUT2D eigenvalue weighted by Gasteiger charge is 2.54. The van der Waals surface area contributed by atoms with Crippen LogP contribution in [0.3, 0.4) is 0 Å². The first-order valence-corrected chi connectivity index (χ1v) is 13.3. The quantitative estimate of drug-likeness (QED) is 0.156. The summed E-state index contributed by atoms with van der Waals surface area (Å²) in [7, 11) is 1.28. The van der Waals surface area contributed by atoms with E-state index in [0.717, 1.165) is 11.3 Å². The Bertz CT molecular complexity index is 1430. The zero-order valence-electron chi connectivity index (χ0n) is 18.5. The molecule has 16 heteroatoms. The van der Waals surface area contributed by atoms with Crippen molar-refractivity contribution in [3.05, 3.63) is 46.7 Å². The number of fused-ring (bicyclic) bond motifs is 2. The molecule has 0 aromatic carbocycles. The van der Waals surface area contributed by atoms with Crippen LogP contribution >= 0.6 is 34.9 Å². The van der Waals surface area contributed by atoms with Gasteiger partial charge in [0.15, 0.2) is 21.6 Å². The number of carbonyl (C=O) groups excluding carboxylic acids is 2. The summed E-state index contributed by atoms with van der Waals surface area (Å²) in [5, 5.41) is 26.3. The van der Waals surface area contributed by atoms with Crippen LogP contribution in [-0.4, -0.2) is 83.1 Å². The number of amides is 2. The number of nitrogens with one attached hydrogen (secondary N) is 1. The molecule has 0 unspecified atom stereocenters. The minimum atomic E-state index is -1.21. The van der Waals surface area contributed by atoms with Crippen molar-refractivity contribution in [2.75, 3.05) is 24.3 Å². The topological polar surface area (TPSA) is 177 Å². The summed E-state index contributed by atoms with van der Waals surface area (Å²) in [5.74, 6) is -1.73. The molecule has 2 aliphatic rings. The summed E-state index contributed by atoms with van der Waals surface area (Å²) in [5.41, 5.74) is 6.91. The van der Waals surface area contributed by atoms with E-state index in [-0.39, 0.29) is 22.2 Å². The van der Waals surface area contributed by atoms with E-state index in [4.69, 9.17) is 10.6 Å². The number of aromatic nitrogens is 4. The number of thioether (sulfide) groups is 2. The van der Waals surface area contributed by atoms with Gasteiger partial charge in [-0.25, -0.2) is 9.78 Å². The van der Waals surface area contributed by atoms with Gasteiger partial charge in [-0.15, -0.1) is 33.3 Å². The molecule has 4 N–H and O–H groups in total. The molecule has 36 heavy (non-hydrogen) atoms. The van der Waals surface area contributed by atoms with Gasteiger partial charge in [0.1, 0.15) is 29.9 Å². The third-order valence-corrected chi connectivity index (χ3v) is 8.40. The summed E-state index contributed by atoms with van der Waals surface area (Å²) in [6.07, 6.45) is 1.82. The fraction of sp³-hybridized carbons (Fsp3) is 0.250. The Balaban J connectivity index is 1.32. The standard InChI is InChI=1S/C20H18N8O5S3/c1-33-26-12(10-8-35-19(21)22-10)15(29)23-13-16(30)28-14(18(31)32)9(6-34-17(13)28)7-36-20-25-24-11-4-2-3-5-27(11)20/h2-5,8,13,17H,6-7H2,1H3,(H2,21,22)(H,23,29)(H,31,32)/b26-12-/t13-,17+/m1/s1. The Morgan fingerprint density at radius 2 is 2.22 bits per heavy atom. The first kappa shape index (κ1) is 24.1. The molecule has 0 aliphatic carbocycles. The van der Waals surface area contributed by atoms with E-state index in [1.807, 2.05) is 24.4 Å². The molecule has 1 saturated heterocycles. The van der Waals surface area contributed by atoms with Gasteiger partial charge in [-0.3, -0.25) is 18.9 Å². The normalized spacial score (nSPS) is 19.8. The van der Waals surface area contributed by atoms with Crippen molar-refractivity contribution < 1.29 is 24.3 Å². The number of nitrogen functional groups attached to an aromatic ring is 1. The molecule has 2 atom stereocenters. The third-order valence-electron chi connectivity index (χ3n) is 5.36. The molecule has 2 aliphatic heterocycles. The minimum Gasteiger partial charge on any atom is -0.477 e. The largest absolute Gasteiger partial charge is 0.477 e. The van der Waals surface area contributed by atoms with E-state index in [9.17, 15) is 19.5 Å². The number of pyridine rings is 1. The molecule has 13 nitrogen and oxygen atoms in total. The molecule has 0 radical (unpaired) electrons. The summed E-state index contributed by atoms with van der Waals surface area (Å²) in [6.45, 7) is 0. The number of oxime groups is 1. The van der Waals surface area contributed by atoms with Gasteiger partial charge in [0.2, 0.25) is 0 Å². The number of hydrogen-bond donors (Lipinski definition) is 3. The van der Waals surface area contributed by atoms with Crippen LogP contribution in [0.5, 0.6) is 0 Å². The molecule has 5 rings (SSSR count). The molecule has 186 valence electrons. The van der Waals surface area contributed by atoms with Crippen LogP contribution in [0.1, 0.15) is 5.69 Å². The monoisotopic (exact) mass is 546 g/mol. The molecule has 2 amide bonds. The van der Waals surface area contributed by atoms with Gasteiger partial charge in [0.25, 0.3) is 11.8 Å². The molecule has 0 saturated carbocycles. The lowest BCUT2D eigenvalue weighted by Crippen LogP contribution is -2.71. The molecular weight excluding hydrogens is 528 g/mol. The second-order valence-corrected chi connectivity index (χ2v) is 10.4. The molecule has 3 aromatic heterocycles. The average molecular weight is 547 g/mol. The molecule has 0 spiro atoms. The molecular formula is C20H18N8O5S3. The predicted molar refractivity (Wildman–Crippen MR) is 133 cm³/mol. The van der Waals surface area contributed by atoms with Crippen LogP contribution in [0.15, 0.2) is 51.4 Å². The SMILES string of the molecule is CO/N=C(\C(=O)N[C@@H]1C(=O)N2C(C(=O)O)=C(CSc3nnc4ccccn34)CS[C@@H]12)c1csc(N)n1. The van der Waals surface area contributed by atoms with Gasteiger partial charge in [0, 0.05) is 23.1 Å². The number of carbonyl (C=O) groups is 3. The highest BCUT2D eigenvalue weighted by Crippen LogP contribution is 2.41. The van der Waals surface area contributed by atoms with Crippen molar-refractivity contribution >= 4 is 69.1 Å². The maximum atomic E-state index is 13.0. The maximum absolute atomic E-state index is 13.0. The van der Waals surface area contributed by atoms with Crippen LogP contribution in [0.4, 0.5) is 5.13 Å². The maximum Gasteiger partial charge on any atom is 0.352 e. The van der Waals surface area contributed by atoms with Crippen LogP contribution in [-0.2, 0) is 19.2 Å². The van der Waals surface area contributed by atoms with Gasteiger partial charge < -0.3 is 21.0 Å². The Hall–Kier alpha value is -3.63. The molecule has 1 fully saturated rings. The summed E-state index contributed by atoms with van der Waals surface area (Å²) >= 11 is 3.83. The third kappa shape index (κ3) is 4.27. The Labute approximate surface area is 215 Å². The first-order valence-electron chi connectivity index (χ1n) is 10.3. The fourth-order valence-electron chi connectivity index (χ4n) is 3.77. The van der Waals surface area contributed by atoms with E-state index in [1.54, 1.807) is 9.78 Å². The van der Waals surface area contributed by atoms with Crippen molar-refractivity contribution in [2.24, 2.45) is 5.16 Å². The summed E-state index contributed by atoms with van der Waals surface area (Å²) in [4.78, 5) is 48.0. The smallest absolute Gasteiger partial charge is 0.352 e. The highest BCUT2D eigenvalue weighted by molar-refractivity contribution is 8.01. The number of rotatable bonds is 8. The minimum absolute atomic E-state index is 0.0753. The van der Waals surface area contributed by atoms with Gasteiger partial charge >= 0.3 is 5.97 Å². The van der Waals surface area contributed by atoms with Crippen molar-refractivity contribution in [1.82, 2.24) is 29.8 Å². The Kier molecular flexibility index (Phi) is 6.55. The van der Waals surface area contributed by atoms with Crippen LogP contribution < -0.4 is 11.1 Å². The van der Waals surface area contributed by atoms with E-state index in [2.05, 4.69) is 25.7 Å². The van der Waals surface area contributed by atoms with Crippen LogP contribution in [0.25, 0.3) is 5.65 Å². The number of anilines is 1. The second kappa shape index (κ2) is 9.79. The summed E-state index contributed by atoms with van der Waals surface area (Å²) < 4.78 is 1.81. The van der Waals surface area contributed by atoms with Gasteiger partial charge in [-0.2, -0.15) is 0 Å². The van der Waals surface area contributed by atoms with E-state index in [0.29, 0.717) is 27.9 Å². The van der Waals surface area contributed by atoms with Crippen molar-refractivity contribution in [1.29, 1.82) is 0 Å². The molecule has 5 heterocycles. The highest BCUT2D eigenvalue weighted by atomic mass is 32.2. The predicted octanol–water partition coefficient (Wildman–Crippen LogP) is 0.649. The molecule has 3 aromatic rings. The number of nitrogens with zero attached hydrogens (tertiary/aromatic N) is 6. The number of aliphatic carboxylic acids is 1. The Morgan fingerprint density at radius 3 is 2.94 bits per heavy atom. The number of carboxylic acid groups (broad SMARTS) is 1. The van der Waals surface area contributed by atoms with E-state index < -0.39 is 29.2 Å². The average Bonchev–Trinajstić information content (AvgIpc) is 3.49. The van der Waals surface area contributed by atoms with Crippen LogP contribution in [0.2, 0.25) is 0 Å². The Morgan fingerprint density at radius 1 is 1.39 bits per heavy atom. The van der Waals surface area contributed by atoms with Gasteiger partial charge in [-0.1, -0.05) is 23.0 Å². The van der Waals surface area contributed by atoms with Crippen LogP contribution in [0, 0.1) is 0 Å².